The van der Waals surface area contributed by atoms with E-state index >= 15 is 0 Å². The van der Waals surface area contributed by atoms with Gasteiger partial charge in [-0.25, -0.2) is 9.59 Å². The van der Waals surface area contributed by atoms with E-state index in [9.17, 15) is 9.59 Å². The number of rotatable bonds is 7. The molecule has 2 aromatic rings. The van der Waals surface area contributed by atoms with Crippen molar-refractivity contribution >= 4 is 18.0 Å². The Balaban J connectivity index is 2.08. The highest BCUT2D eigenvalue weighted by atomic mass is 16.5. The van der Waals surface area contributed by atoms with Gasteiger partial charge in [-0.1, -0.05) is 18.2 Å². The molecule has 0 aromatic heterocycles. The van der Waals surface area contributed by atoms with Gasteiger partial charge in [-0.15, -0.1) is 0 Å². The van der Waals surface area contributed by atoms with E-state index in [4.69, 9.17) is 19.7 Å². The zero-order chi connectivity index (χ0) is 17.5. The standard InChI is InChI=1S/C18H16O6/c1-23-16-10-12(5-9-17(19)20)4-8-15(16)24-11-13-2-6-14(7-3-13)18(21)22/h2-10H,11H2,1H3,(H,19,20)(H,21,22). The van der Waals surface area contributed by atoms with Gasteiger partial charge in [-0.3, -0.25) is 0 Å². The van der Waals surface area contributed by atoms with Crippen LogP contribution in [0.2, 0.25) is 0 Å². The maximum Gasteiger partial charge on any atom is 0.335 e. The molecule has 0 fully saturated rings. The van der Waals surface area contributed by atoms with Crippen LogP contribution < -0.4 is 9.47 Å². The summed E-state index contributed by atoms with van der Waals surface area (Å²) < 4.78 is 10.9. The summed E-state index contributed by atoms with van der Waals surface area (Å²) in [5, 5.41) is 17.5. The van der Waals surface area contributed by atoms with Crippen molar-refractivity contribution in [3.8, 4) is 11.5 Å². The Bertz CT molecular complexity index is 762. The summed E-state index contributed by atoms with van der Waals surface area (Å²) in [5.74, 6) is -1.02. The van der Waals surface area contributed by atoms with Gasteiger partial charge in [0.05, 0.1) is 12.7 Å². The Morgan fingerprint density at radius 1 is 1.04 bits per heavy atom. The van der Waals surface area contributed by atoms with E-state index in [-0.39, 0.29) is 12.2 Å². The smallest absolute Gasteiger partial charge is 0.335 e. The summed E-state index contributed by atoms with van der Waals surface area (Å²) >= 11 is 0. The molecule has 0 atom stereocenters. The second-order valence-electron chi connectivity index (χ2n) is 4.87. The molecular weight excluding hydrogens is 312 g/mol. The third kappa shape index (κ3) is 4.61. The maximum absolute atomic E-state index is 10.8. The van der Waals surface area contributed by atoms with E-state index in [1.165, 1.54) is 25.3 Å². The van der Waals surface area contributed by atoms with Gasteiger partial charge in [0.1, 0.15) is 6.61 Å². The van der Waals surface area contributed by atoms with Gasteiger partial charge >= 0.3 is 11.9 Å². The molecule has 2 aromatic carbocycles. The third-order valence-corrected chi connectivity index (χ3v) is 3.20. The summed E-state index contributed by atoms with van der Waals surface area (Å²) in [4.78, 5) is 21.4. The number of ether oxygens (including phenoxy) is 2. The van der Waals surface area contributed by atoms with Crippen LogP contribution in [0.3, 0.4) is 0 Å². The van der Waals surface area contributed by atoms with Crippen LogP contribution in [0.4, 0.5) is 0 Å². The van der Waals surface area contributed by atoms with Crippen molar-refractivity contribution in [3.63, 3.8) is 0 Å². The number of methoxy groups -OCH3 is 1. The van der Waals surface area contributed by atoms with Gasteiger partial charge in [-0.2, -0.15) is 0 Å². The first kappa shape index (κ1) is 17.1. The van der Waals surface area contributed by atoms with Gasteiger partial charge < -0.3 is 19.7 Å². The van der Waals surface area contributed by atoms with E-state index < -0.39 is 11.9 Å². The summed E-state index contributed by atoms with van der Waals surface area (Å²) in [6.07, 6.45) is 2.50. The molecule has 0 spiro atoms. The molecule has 0 saturated carbocycles. The predicted molar refractivity (Wildman–Crippen MR) is 87.4 cm³/mol. The monoisotopic (exact) mass is 328 g/mol. The van der Waals surface area contributed by atoms with Crippen LogP contribution in [0.5, 0.6) is 11.5 Å². The molecule has 0 amide bonds. The molecule has 0 aliphatic heterocycles. The highest BCUT2D eigenvalue weighted by Gasteiger charge is 2.07. The molecule has 2 rings (SSSR count). The lowest BCUT2D eigenvalue weighted by Gasteiger charge is -2.11. The minimum Gasteiger partial charge on any atom is -0.493 e. The quantitative estimate of drug-likeness (QED) is 0.759. The first-order chi connectivity index (χ1) is 11.5. The SMILES string of the molecule is COc1cc(C=CC(=O)O)ccc1OCc1ccc(C(=O)O)cc1. The van der Waals surface area contributed by atoms with Crippen molar-refractivity contribution in [2.45, 2.75) is 6.61 Å². The van der Waals surface area contributed by atoms with E-state index in [1.807, 2.05) is 0 Å². The Morgan fingerprint density at radius 2 is 1.75 bits per heavy atom. The van der Waals surface area contributed by atoms with Crippen molar-refractivity contribution in [1.29, 1.82) is 0 Å². The second kappa shape index (κ2) is 7.82. The van der Waals surface area contributed by atoms with Gasteiger partial charge in [0.25, 0.3) is 0 Å². The first-order valence-corrected chi connectivity index (χ1v) is 7.03. The second-order valence-corrected chi connectivity index (χ2v) is 4.87. The number of carboxylic acids is 2. The minimum atomic E-state index is -1.03. The fraction of sp³-hybridized carbons (Fsp3) is 0.111. The van der Waals surface area contributed by atoms with E-state index in [1.54, 1.807) is 30.3 Å². The van der Waals surface area contributed by atoms with E-state index in [0.717, 1.165) is 11.6 Å². The molecule has 0 bridgehead atoms. The van der Waals surface area contributed by atoms with Gasteiger partial charge in [0.2, 0.25) is 0 Å². The first-order valence-electron chi connectivity index (χ1n) is 7.03. The Labute approximate surface area is 138 Å². The Hall–Kier alpha value is -3.28. The molecule has 0 aliphatic carbocycles. The van der Waals surface area contributed by atoms with Crippen molar-refractivity contribution in [1.82, 2.24) is 0 Å². The van der Waals surface area contributed by atoms with Gasteiger partial charge in [-0.05, 0) is 41.5 Å². The molecule has 0 aliphatic rings. The van der Waals surface area contributed by atoms with Crippen molar-refractivity contribution in [3.05, 3.63) is 65.2 Å². The number of benzene rings is 2. The number of hydrogen-bond donors (Lipinski definition) is 2. The van der Waals surface area contributed by atoms with Gasteiger partial charge in [0.15, 0.2) is 11.5 Å². The number of aliphatic carboxylic acids is 1. The Morgan fingerprint density at radius 3 is 2.33 bits per heavy atom. The van der Waals surface area contributed by atoms with E-state index in [0.29, 0.717) is 17.1 Å². The summed E-state index contributed by atoms with van der Waals surface area (Å²) in [6, 6.07) is 11.5. The normalized spacial score (nSPS) is 10.5. The molecule has 0 saturated heterocycles. The van der Waals surface area contributed by atoms with Crippen molar-refractivity contribution in [2.24, 2.45) is 0 Å². The Kier molecular flexibility index (Phi) is 5.57. The zero-order valence-corrected chi connectivity index (χ0v) is 12.9. The van der Waals surface area contributed by atoms with Crippen LogP contribution in [0, 0.1) is 0 Å². The highest BCUT2D eigenvalue weighted by molar-refractivity contribution is 5.87. The van der Waals surface area contributed by atoms with E-state index in [2.05, 4.69) is 0 Å². The van der Waals surface area contributed by atoms with Crippen LogP contribution in [0.15, 0.2) is 48.5 Å². The summed E-state index contributed by atoms with van der Waals surface area (Å²) in [5.41, 5.74) is 1.70. The molecule has 24 heavy (non-hydrogen) atoms. The van der Waals surface area contributed by atoms with Crippen LogP contribution in [0.1, 0.15) is 21.5 Å². The lowest BCUT2D eigenvalue weighted by atomic mass is 10.1. The minimum absolute atomic E-state index is 0.214. The zero-order valence-electron chi connectivity index (χ0n) is 12.9. The summed E-state index contributed by atoms with van der Waals surface area (Å²) in [7, 11) is 1.49. The molecule has 6 heteroatoms. The number of aromatic carboxylic acids is 1. The molecule has 124 valence electrons. The summed E-state index contributed by atoms with van der Waals surface area (Å²) in [6.45, 7) is 0.251. The molecule has 2 N–H and O–H groups in total. The fourth-order valence-electron chi connectivity index (χ4n) is 1.98. The van der Waals surface area contributed by atoms with Crippen molar-refractivity contribution < 1.29 is 29.3 Å². The lowest BCUT2D eigenvalue weighted by Crippen LogP contribution is -2.00. The van der Waals surface area contributed by atoms with Crippen LogP contribution >= 0.6 is 0 Å². The average molecular weight is 328 g/mol. The van der Waals surface area contributed by atoms with Gasteiger partial charge in [0, 0.05) is 6.08 Å². The molecule has 0 heterocycles. The number of carboxylic acid groups (broad SMARTS) is 2. The highest BCUT2D eigenvalue weighted by Crippen LogP contribution is 2.29. The molecule has 6 nitrogen and oxygen atoms in total. The van der Waals surface area contributed by atoms with Crippen LogP contribution in [-0.2, 0) is 11.4 Å². The molecular formula is C18H16O6. The number of hydrogen-bond acceptors (Lipinski definition) is 4. The number of carbonyl (C=O) groups is 2. The molecule has 0 radical (unpaired) electrons. The third-order valence-electron chi connectivity index (χ3n) is 3.20. The van der Waals surface area contributed by atoms with Crippen molar-refractivity contribution in [2.75, 3.05) is 7.11 Å². The topological polar surface area (TPSA) is 93.1 Å². The average Bonchev–Trinajstić information content (AvgIpc) is 2.58. The van der Waals surface area contributed by atoms with Crippen LogP contribution in [-0.4, -0.2) is 29.3 Å². The maximum atomic E-state index is 10.8. The molecule has 0 unspecified atom stereocenters. The lowest BCUT2D eigenvalue weighted by molar-refractivity contribution is -0.131. The predicted octanol–water partition coefficient (Wildman–Crippen LogP) is 3.07. The fourth-order valence-corrected chi connectivity index (χ4v) is 1.98. The van der Waals surface area contributed by atoms with Crippen LogP contribution in [0.25, 0.3) is 6.08 Å². The largest absolute Gasteiger partial charge is 0.493 e.